The first kappa shape index (κ1) is 16.8. The van der Waals surface area contributed by atoms with Crippen LogP contribution < -0.4 is 10.6 Å². The van der Waals surface area contributed by atoms with Crippen LogP contribution in [0.4, 0.5) is 0 Å². The Morgan fingerprint density at radius 2 is 1.92 bits per heavy atom. The van der Waals surface area contributed by atoms with Crippen LogP contribution in [0.5, 0.6) is 5.75 Å². The number of nitrogens with one attached hydrogen (secondary N) is 2. The fourth-order valence-electron chi connectivity index (χ4n) is 2.91. The summed E-state index contributed by atoms with van der Waals surface area (Å²) in [5, 5.41) is 15.4. The van der Waals surface area contributed by atoms with Gasteiger partial charge in [0.15, 0.2) is 0 Å². The maximum Gasteiger partial charge on any atom is 0.252 e. The third-order valence-corrected chi connectivity index (χ3v) is 5.00. The molecule has 0 unspecified atom stereocenters. The Morgan fingerprint density at radius 1 is 1.12 bits per heavy atom. The lowest BCUT2D eigenvalue weighted by atomic mass is 10.1. The molecule has 2 aromatic carbocycles. The zero-order valence-corrected chi connectivity index (χ0v) is 15.0. The molecule has 124 valence electrons. The largest absolute Gasteiger partial charge is 0.508 e. The number of halogens is 1. The van der Waals surface area contributed by atoms with Gasteiger partial charge in [0.1, 0.15) is 5.75 Å². The number of hydrogen-bond acceptors (Lipinski definition) is 3. The molecule has 0 aliphatic heterocycles. The molecule has 1 atom stereocenters. The van der Waals surface area contributed by atoms with Crippen LogP contribution in [0.3, 0.4) is 0 Å². The Kier molecular flexibility index (Phi) is 5.03. The highest BCUT2D eigenvalue weighted by atomic mass is 127. The van der Waals surface area contributed by atoms with E-state index in [1.165, 1.54) is 0 Å². The standard InChI is InChI=1S/C18H17IN2O3/c19-15-6-2-1-5-13(15)18(24)20-10-17(23)21-12-8-11-4-3-7-16(22)14(11)9-12/h1-7,12,22H,8-10H2,(H,20,24)(H,21,23)/t12-/m1/s1. The fourth-order valence-corrected chi connectivity index (χ4v) is 3.55. The molecule has 2 aromatic rings. The van der Waals surface area contributed by atoms with Gasteiger partial charge in [0.25, 0.3) is 5.91 Å². The lowest BCUT2D eigenvalue weighted by Gasteiger charge is -2.13. The summed E-state index contributed by atoms with van der Waals surface area (Å²) in [7, 11) is 0. The molecule has 0 heterocycles. The maximum absolute atomic E-state index is 12.1. The van der Waals surface area contributed by atoms with Crippen LogP contribution >= 0.6 is 22.6 Å². The van der Waals surface area contributed by atoms with Gasteiger partial charge in [-0.2, -0.15) is 0 Å². The predicted molar refractivity (Wildman–Crippen MR) is 98.9 cm³/mol. The predicted octanol–water partition coefficient (Wildman–Crippen LogP) is 2.01. The van der Waals surface area contributed by atoms with E-state index in [4.69, 9.17) is 0 Å². The van der Waals surface area contributed by atoms with E-state index in [0.717, 1.165) is 14.7 Å². The van der Waals surface area contributed by atoms with Gasteiger partial charge in [-0.25, -0.2) is 0 Å². The summed E-state index contributed by atoms with van der Waals surface area (Å²) in [6.07, 6.45) is 1.30. The van der Waals surface area contributed by atoms with Crippen LogP contribution in [0.15, 0.2) is 42.5 Å². The summed E-state index contributed by atoms with van der Waals surface area (Å²) >= 11 is 2.09. The molecule has 0 spiro atoms. The summed E-state index contributed by atoms with van der Waals surface area (Å²) in [4.78, 5) is 24.2. The van der Waals surface area contributed by atoms with Crippen molar-refractivity contribution < 1.29 is 14.7 Å². The van der Waals surface area contributed by atoms with E-state index in [2.05, 4.69) is 33.2 Å². The normalized spacial score (nSPS) is 15.6. The van der Waals surface area contributed by atoms with Crippen LogP contribution in [0.1, 0.15) is 21.5 Å². The van der Waals surface area contributed by atoms with Crippen molar-refractivity contribution in [2.24, 2.45) is 0 Å². The second kappa shape index (κ2) is 7.21. The number of benzene rings is 2. The number of amides is 2. The van der Waals surface area contributed by atoms with E-state index in [-0.39, 0.29) is 30.2 Å². The van der Waals surface area contributed by atoms with Crippen LogP contribution in [-0.2, 0) is 17.6 Å². The third kappa shape index (κ3) is 3.69. The van der Waals surface area contributed by atoms with Crippen LogP contribution in [0.2, 0.25) is 0 Å². The molecule has 0 fully saturated rings. The van der Waals surface area contributed by atoms with Gasteiger partial charge in [-0.3, -0.25) is 9.59 Å². The van der Waals surface area contributed by atoms with Crippen molar-refractivity contribution in [3.63, 3.8) is 0 Å². The number of hydrogen-bond donors (Lipinski definition) is 3. The molecule has 0 saturated carbocycles. The number of carbonyl (C=O) groups is 2. The van der Waals surface area contributed by atoms with E-state index < -0.39 is 0 Å². The number of phenolic OH excluding ortho intramolecular Hbond substituents is 1. The molecule has 3 N–H and O–H groups in total. The van der Waals surface area contributed by atoms with E-state index in [1.54, 1.807) is 24.3 Å². The molecular weight excluding hydrogens is 419 g/mol. The van der Waals surface area contributed by atoms with Gasteiger partial charge >= 0.3 is 0 Å². The van der Waals surface area contributed by atoms with Crippen LogP contribution in [-0.4, -0.2) is 29.5 Å². The maximum atomic E-state index is 12.1. The average Bonchev–Trinajstić information content (AvgIpc) is 2.97. The smallest absolute Gasteiger partial charge is 0.252 e. The monoisotopic (exact) mass is 436 g/mol. The number of aromatic hydroxyl groups is 1. The second-order valence-corrected chi connectivity index (χ2v) is 6.91. The Balaban J connectivity index is 1.52. The first-order chi connectivity index (χ1) is 11.5. The highest BCUT2D eigenvalue weighted by molar-refractivity contribution is 14.1. The molecule has 24 heavy (non-hydrogen) atoms. The number of phenols is 1. The SMILES string of the molecule is O=C(CNC(=O)c1ccccc1I)N[C@@H]1Cc2cccc(O)c2C1. The highest BCUT2D eigenvalue weighted by Gasteiger charge is 2.25. The molecule has 0 saturated heterocycles. The minimum Gasteiger partial charge on any atom is -0.508 e. The van der Waals surface area contributed by atoms with Crippen LogP contribution in [0.25, 0.3) is 0 Å². The van der Waals surface area contributed by atoms with Gasteiger partial charge < -0.3 is 15.7 Å². The van der Waals surface area contributed by atoms with E-state index >= 15 is 0 Å². The molecule has 0 aromatic heterocycles. The first-order valence-electron chi connectivity index (χ1n) is 7.66. The van der Waals surface area contributed by atoms with Crippen LogP contribution in [0, 0.1) is 3.57 Å². The van der Waals surface area contributed by atoms with Gasteiger partial charge in [0.2, 0.25) is 5.91 Å². The molecule has 3 rings (SSSR count). The molecule has 1 aliphatic carbocycles. The minimum absolute atomic E-state index is 0.0467. The molecule has 2 amide bonds. The lowest BCUT2D eigenvalue weighted by Crippen LogP contribution is -2.42. The van der Waals surface area contributed by atoms with Crippen molar-refractivity contribution in [2.75, 3.05) is 6.54 Å². The lowest BCUT2D eigenvalue weighted by molar-refractivity contribution is -0.120. The van der Waals surface area contributed by atoms with Gasteiger partial charge in [0, 0.05) is 9.61 Å². The van der Waals surface area contributed by atoms with Gasteiger partial charge in [0.05, 0.1) is 12.1 Å². The summed E-state index contributed by atoms with van der Waals surface area (Å²) < 4.78 is 0.842. The molecule has 5 nitrogen and oxygen atoms in total. The molecule has 0 radical (unpaired) electrons. The van der Waals surface area contributed by atoms with E-state index in [0.29, 0.717) is 18.4 Å². The van der Waals surface area contributed by atoms with Gasteiger partial charge in [-0.1, -0.05) is 24.3 Å². The van der Waals surface area contributed by atoms with Gasteiger partial charge in [-0.15, -0.1) is 0 Å². The Hall–Kier alpha value is -2.09. The Morgan fingerprint density at radius 3 is 2.67 bits per heavy atom. The number of rotatable bonds is 4. The zero-order valence-electron chi connectivity index (χ0n) is 12.9. The number of carbonyl (C=O) groups excluding carboxylic acids is 2. The highest BCUT2D eigenvalue weighted by Crippen LogP contribution is 2.29. The van der Waals surface area contributed by atoms with E-state index in [9.17, 15) is 14.7 Å². The molecule has 1 aliphatic rings. The second-order valence-electron chi connectivity index (χ2n) is 5.75. The molecule has 0 bridgehead atoms. The Bertz CT molecular complexity index is 792. The van der Waals surface area contributed by atoms with Crippen molar-refractivity contribution in [1.82, 2.24) is 10.6 Å². The van der Waals surface area contributed by atoms with Crippen molar-refractivity contribution in [3.8, 4) is 5.75 Å². The molecular formula is C18H17IN2O3. The minimum atomic E-state index is -0.262. The van der Waals surface area contributed by atoms with Crippen molar-refractivity contribution in [1.29, 1.82) is 0 Å². The van der Waals surface area contributed by atoms with E-state index in [1.807, 2.05) is 18.2 Å². The summed E-state index contributed by atoms with van der Waals surface area (Å²) in [6.45, 7) is -0.0668. The topological polar surface area (TPSA) is 78.4 Å². The van der Waals surface area contributed by atoms with Gasteiger partial charge in [-0.05, 0) is 64.8 Å². The summed E-state index contributed by atoms with van der Waals surface area (Å²) in [5.74, 6) is -0.217. The van der Waals surface area contributed by atoms with Crippen molar-refractivity contribution in [2.45, 2.75) is 18.9 Å². The fraction of sp³-hybridized carbons (Fsp3) is 0.222. The van der Waals surface area contributed by atoms with Crippen molar-refractivity contribution in [3.05, 3.63) is 62.7 Å². The average molecular weight is 436 g/mol. The zero-order chi connectivity index (χ0) is 17.1. The summed E-state index contributed by atoms with van der Waals surface area (Å²) in [5.41, 5.74) is 2.51. The molecule has 6 heteroatoms. The quantitative estimate of drug-likeness (QED) is 0.642. The third-order valence-electron chi connectivity index (χ3n) is 4.06. The summed E-state index contributed by atoms with van der Waals surface area (Å²) in [6, 6.07) is 12.6. The number of fused-ring (bicyclic) bond motifs is 1. The van der Waals surface area contributed by atoms with Crippen molar-refractivity contribution >= 4 is 34.4 Å². The first-order valence-corrected chi connectivity index (χ1v) is 8.74. The Labute approximate surface area is 153 Å².